The zero-order valence-electron chi connectivity index (χ0n) is 26.6. The molecular formula is C33H32Cl3F5N3O6+. The Labute approximate surface area is 298 Å². The van der Waals surface area contributed by atoms with E-state index in [0.717, 1.165) is 10.2 Å². The maximum atomic E-state index is 15.0. The van der Waals surface area contributed by atoms with E-state index in [1.807, 2.05) is 0 Å². The van der Waals surface area contributed by atoms with Gasteiger partial charge in [-0.25, -0.2) is 0 Å². The number of hydrogen-bond acceptors (Lipinski definition) is 5. The predicted octanol–water partition coefficient (Wildman–Crippen LogP) is 6.82. The summed E-state index contributed by atoms with van der Waals surface area (Å²) in [6.07, 6.45) is -5.28. The lowest BCUT2D eigenvalue weighted by atomic mass is 9.94. The average Bonchev–Trinajstić information content (AvgIpc) is 3.03. The van der Waals surface area contributed by atoms with Crippen molar-refractivity contribution in [2.24, 2.45) is 5.92 Å². The number of Topliss-reactive ketones (excluding diaryl/α,β-unsaturated/α-hetero) is 1. The van der Waals surface area contributed by atoms with E-state index in [1.54, 1.807) is 12.1 Å². The van der Waals surface area contributed by atoms with Gasteiger partial charge in [-0.1, -0.05) is 60.8 Å². The fourth-order valence-corrected chi connectivity index (χ4v) is 5.58. The molecule has 0 heterocycles. The summed E-state index contributed by atoms with van der Waals surface area (Å²) >= 11 is 18.3. The van der Waals surface area contributed by atoms with Gasteiger partial charge in [-0.2, -0.15) is 22.0 Å². The van der Waals surface area contributed by atoms with Gasteiger partial charge in [-0.3, -0.25) is 24.1 Å². The summed E-state index contributed by atoms with van der Waals surface area (Å²) in [5, 5.41) is 12.5. The summed E-state index contributed by atoms with van der Waals surface area (Å²) in [4.78, 5) is 54.4. The molecule has 0 bridgehead atoms. The zero-order valence-corrected chi connectivity index (χ0v) is 28.9. The third-order valence-corrected chi connectivity index (χ3v) is 7.94. The predicted molar refractivity (Wildman–Crippen MR) is 178 cm³/mol. The molecule has 270 valence electrons. The van der Waals surface area contributed by atoms with Gasteiger partial charge in [0.2, 0.25) is 17.6 Å². The van der Waals surface area contributed by atoms with E-state index in [1.165, 1.54) is 69.5 Å². The standard InChI is InChI=1S/C33H31Cl3F5N3O6/c1-17(2)27(29(47)33(40,41)31(49)42-16-32(37,38)39)43-30(48)28(19-5-8-23(50-3)9-6-19)44(24-10-7-20(34)15-25(24)45)26(46)11-4-18-12-21(35)14-22(36)13-18/h5-10,12-15,17,27-28,45H,4,11,16H2,1-3H3,(H,42,49)(H,43,48)/p+1/t27-,28-/m0/s1. The van der Waals surface area contributed by atoms with E-state index in [9.17, 15) is 32.3 Å². The van der Waals surface area contributed by atoms with Crippen LogP contribution >= 0.6 is 34.8 Å². The van der Waals surface area contributed by atoms with Crippen molar-refractivity contribution in [2.75, 3.05) is 18.6 Å². The van der Waals surface area contributed by atoms with Crippen LogP contribution in [0.15, 0.2) is 60.7 Å². The number of benzene rings is 3. The highest BCUT2D eigenvalue weighted by Gasteiger charge is 2.52. The first-order valence-corrected chi connectivity index (χ1v) is 15.9. The molecule has 0 aromatic heterocycles. The van der Waals surface area contributed by atoms with Crippen molar-refractivity contribution >= 4 is 64.0 Å². The molecule has 0 spiro atoms. The molecule has 3 aromatic rings. The van der Waals surface area contributed by atoms with Crippen LogP contribution in [-0.4, -0.2) is 60.4 Å². The number of aryl methyl sites for hydroxylation is 1. The third kappa shape index (κ3) is 10.4. The first kappa shape index (κ1) is 40.3. The Kier molecular flexibility index (Phi) is 13.5. The molecule has 0 saturated carbocycles. The van der Waals surface area contributed by atoms with Crippen LogP contribution in [-0.2, 0) is 25.6 Å². The minimum absolute atomic E-state index is 0.0554. The lowest BCUT2D eigenvalue weighted by molar-refractivity contribution is -0.165. The van der Waals surface area contributed by atoms with E-state index in [-0.39, 0.29) is 34.9 Å². The molecule has 3 rings (SSSR count). The van der Waals surface area contributed by atoms with Crippen LogP contribution in [0.2, 0.25) is 15.1 Å². The van der Waals surface area contributed by atoms with Crippen LogP contribution < -0.4 is 20.3 Å². The Balaban J connectivity index is 2.11. The Morgan fingerprint density at radius 3 is 2.00 bits per heavy atom. The summed E-state index contributed by atoms with van der Waals surface area (Å²) in [5.41, 5.74) is 0.519. The van der Waals surface area contributed by atoms with Crippen molar-refractivity contribution in [2.45, 2.75) is 50.9 Å². The number of amides is 3. The second-order valence-electron chi connectivity index (χ2n) is 11.3. The number of rotatable bonds is 14. The van der Waals surface area contributed by atoms with Gasteiger partial charge in [0.05, 0.1) is 19.2 Å². The van der Waals surface area contributed by atoms with E-state index < -0.39 is 60.1 Å². The fraction of sp³-hybridized carbons (Fsp3) is 0.333. The number of anilines is 1. The average molecular weight is 768 g/mol. The van der Waals surface area contributed by atoms with E-state index >= 15 is 8.78 Å². The molecule has 17 heteroatoms. The largest absolute Gasteiger partial charge is 0.592 e. The Morgan fingerprint density at radius 1 is 0.880 bits per heavy atom. The first-order chi connectivity index (χ1) is 23.2. The minimum Gasteiger partial charge on any atom is -0.592 e. The molecule has 9 nitrogen and oxygen atoms in total. The maximum absolute atomic E-state index is 15.0. The molecule has 0 saturated heterocycles. The van der Waals surface area contributed by atoms with Gasteiger partial charge in [0, 0.05) is 21.5 Å². The van der Waals surface area contributed by atoms with Gasteiger partial charge < -0.3 is 20.5 Å². The number of carbonyl (C=O) groups is 4. The molecule has 2 atom stereocenters. The molecule has 3 aromatic carbocycles. The van der Waals surface area contributed by atoms with Crippen LogP contribution in [0.5, 0.6) is 11.5 Å². The van der Waals surface area contributed by atoms with Crippen molar-refractivity contribution in [1.82, 2.24) is 10.6 Å². The van der Waals surface area contributed by atoms with E-state index in [4.69, 9.17) is 44.6 Å². The van der Waals surface area contributed by atoms with Gasteiger partial charge in [-0.15, -0.1) is 0 Å². The maximum Gasteiger partial charge on any atom is 0.405 e. The molecular weight excluding hydrogens is 736 g/mol. The van der Waals surface area contributed by atoms with Crippen molar-refractivity contribution in [3.8, 4) is 11.5 Å². The highest BCUT2D eigenvalue weighted by Crippen LogP contribution is 2.37. The highest BCUT2D eigenvalue weighted by atomic mass is 35.5. The Bertz CT molecular complexity index is 1700. The smallest absolute Gasteiger partial charge is 0.405 e. The van der Waals surface area contributed by atoms with Crippen LogP contribution in [0.4, 0.5) is 27.6 Å². The molecule has 0 aliphatic heterocycles. The van der Waals surface area contributed by atoms with E-state index in [2.05, 4.69) is 5.32 Å². The van der Waals surface area contributed by atoms with Crippen LogP contribution in [0.25, 0.3) is 0 Å². The molecule has 4 N–H and O–H groups in total. The summed E-state index contributed by atoms with van der Waals surface area (Å²) < 4.78 is 73.0. The van der Waals surface area contributed by atoms with Crippen LogP contribution in [0, 0.1) is 5.92 Å². The summed E-state index contributed by atoms with van der Waals surface area (Å²) in [5.74, 6) is -12.7. The summed E-state index contributed by atoms with van der Waals surface area (Å²) in [7, 11) is 1.38. The second-order valence-corrected chi connectivity index (χ2v) is 12.7. The third-order valence-electron chi connectivity index (χ3n) is 7.27. The molecule has 3 amide bonds. The molecule has 0 radical (unpaired) electrons. The molecule has 0 unspecified atom stereocenters. The quantitative estimate of drug-likeness (QED) is 0.106. The van der Waals surface area contributed by atoms with Crippen molar-refractivity contribution in [3.63, 3.8) is 0 Å². The highest BCUT2D eigenvalue weighted by molar-refractivity contribution is 6.34. The Morgan fingerprint density at radius 2 is 1.48 bits per heavy atom. The van der Waals surface area contributed by atoms with Gasteiger partial charge in [0.1, 0.15) is 24.0 Å². The number of halogens is 8. The number of alkyl halides is 5. The number of ketones is 1. The lowest BCUT2D eigenvalue weighted by Crippen LogP contribution is -2.58. The van der Waals surface area contributed by atoms with Gasteiger partial charge in [0.15, 0.2) is 0 Å². The van der Waals surface area contributed by atoms with Crippen LogP contribution in [0.1, 0.15) is 37.4 Å². The number of hydrogen-bond donors (Lipinski definition) is 2. The number of ether oxygens (including phenoxy) is 1. The monoisotopic (exact) mass is 766 g/mol. The van der Waals surface area contributed by atoms with Gasteiger partial charge in [-0.05, 0) is 65.9 Å². The van der Waals surface area contributed by atoms with E-state index in [0.29, 0.717) is 21.4 Å². The van der Waals surface area contributed by atoms with Crippen molar-refractivity contribution in [1.29, 1.82) is 0 Å². The number of nitrogens with zero attached hydrogens (tertiary/aromatic N) is 1. The van der Waals surface area contributed by atoms with Crippen LogP contribution in [0.3, 0.4) is 0 Å². The fourth-order valence-electron chi connectivity index (χ4n) is 4.83. The first-order valence-electron chi connectivity index (χ1n) is 14.7. The molecule has 0 fully saturated rings. The number of methoxy groups -OCH3 is 1. The van der Waals surface area contributed by atoms with Crippen molar-refractivity contribution < 1.29 is 51.0 Å². The Hall–Kier alpha value is -4.14. The molecule has 0 aliphatic rings. The van der Waals surface area contributed by atoms with Crippen molar-refractivity contribution in [3.05, 3.63) is 86.9 Å². The number of carbonyl (C=O) groups excluding carboxylic acids is 4. The topological polar surface area (TPSA) is 128 Å². The molecule has 50 heavy (non-hydrogen) atoms. The second kappa shape index (κ2) is 16.7. The summed E-state index contributed by atoms with van der Waals surface area (Å²) in [6.45, 7) is 0.395. The minimum atomic E-state index is -5.04. The summed E-state index contributed by atoms with van der Waals surface area (Å²) in [6, 6.07) is 10.3. The van der Waals surface area contributed by atoms with Gasteiger partial charge in [0.25, 0.3) is 11.7 Å². The molecule has 0 aliphatic carbocycles. The zero-order chi connectivity index (χ0) is 37.6. The normalized spacial score (nSPS) is 13.0. The van der Waals surface area contributed by atoms with Gasteiger partial charge >= 0.3 is 12.1 Å². The SMILES string of the molecule is COc1ccc([C@@H](C(=O)N[C@H](C(=O)C(F)(F)C(=O)NCC(F)(F)F)C(C)C)N(C(=O)CCc2cc(Cl)cc(Cl)c2)c2ccc(Cl)cc2[OH2+])cc1. The number of nitrogens with one attached hydrogen (secondary N) is 2. The lowest BCUT2D eigenvalue weighted by Gasteiger charge is -2.33.